The highest BCUT2D eigenvalue weighted by atomic mass is 32.2. The normalized spacial score (nSPS) is 15.2. The Balaban J connectivity index is 1.48. The maximum absolute atomic E-state index is 12.2. The van der Waals surface area contributed by atoms with Gasteiger partial charge in [-0.1, -0.05) is 30.0 Å². The van der Waals surface area contributed by atoms with E-state index in [0.29, 0.717) is 10.9 Å². The van der Waals surface area contributed by atoms with Crippen LogP contribution in [0, 0.1) is 0 Å². The van der Waals surface area contributed by atoms with Gasteiger partial charge in [0.2, 0.25) is 5.91 Å². The fourth-order valence-corrected chi connectivity index (χ4v) is 3.02. The molecule has 7 heteroatoms. The molecule has 1 aliphatic heterocycles. The van der Waals surface area contributed by atoms with Crippen molar-refractivity contribution < 1.29 is 4.79 Å². The molecule has 0 atom stereocenters. The maximum atomic E-state index is 12.2. The number of aromatic nitrogens is 3. The lowest BCUT2D eigenvalue weighted by molar-refractivity contribution is -0.128. The number of aromatic amines is 1. The van der Waals surface area contributed by atoms with Crippen LogP contribution in [0.5, 0.6) is 0 Å². The molecule has 0 bridgehead atoms. The highest BCUT2D eigenvalue weighted by molar-refractivity contribution is 7.99. The number of carbonyl (C=O) groups excluding carboxylic acids is 1. The quantitative estimate of drug-likeness (QED) is 0.861. The lowest BCUT2D eigenvalue weighted by atomic mass is 10.2. The molecule has 0 saturated carbocycles. The third-order valence-corrected chi connectivity index (χ3v) is 4.34. The van der Waals surface area contributed by atoms with Crippen molar-refractivity contribution in [3.05, 3.63) is 36.7 Å². The van der Waals surface area contributed by atoms with Gasteiger partial charge in [0.25, 0.3) is 0 Å². The number of nitrogens with zero attached hydrogens (tertiary/aromatic N) is 4. The summed E-state index contributed by atoms with van der Waals surface area (Å²) in [5.74, 6) is 0.560. The van der Waals surface area contributed by atoms with Crippen molar-refractivity contribution in [2.24, 2.45) is 0 Å². The van der Waals surface area contributed by atoms with Gasteiger partial charge in [-0.2, -0.15) is 5.10 Å². The number of para-hydroxylation sites is 1. The van der Waals surface area contributed by atoms with Crippen LogP contribution in [0.4, 0.5) is 5.69 Å². The van der Waals surface area contributed by atoms with E-state index in [9.17, 15) is 4.79 Å². The number of hydrogen-bond donors (Lipinski definition) is 1. The third kappa shape index (κ3) is 3.55. The summed E-state index contributed by atoms with van der Waals surface area (Å²) in [7, 11) is 0. The molecule has 21 heavy (non-hydrogen) atoms. The zero-order valence-corrected chi connectivity index (χ0v) is 12.4. The van der Waals surface area contributed by atoms with Crippen molar-refractivity contribution in [2.75, 3.05) is 36.8 Å². The summed E-state index contributed by atoms with van der Waals surface area (Å²) in [5, 5.41) is 7.20. The van der Waals surface area contributed by atoms with Gasteiger partial charge in [-0.3, -0.25) is 9.89 Å². The van der Waals surface area contributed by atoms with E-state index in [0.717, 1.165) is 26.2 Å². The molecule has 6 nitrogen and oxygen atoms in total. The smallest absolute Gasteiger partial charge is 0.233 e. The molecule has 1 N–H and O–H groups in total. The van der Waals surface area contributed by atoms with Gasteiger partial charge in [-0.25, -0.2) is 4.98 Å². The molecule has 2 aromatic rings. The van der Waals surface area contributed by atoms with Gasteiger partial charge >= 0.3 is 0 Å². The standard InChI is InChI=1S/C14H17N5OS/c20-13(10-21-14-15-11-16-17-14)19-8-6-18(7-9-19)12-4-2-1-3-5-12/h1-5,11H,6-10H2,(H,15,16,17). The second kappa shape index (κ2) is 6.62. The SMILES string of the molecule is O=C(CSc1ncn[nH]1)N1CCN(c2ccccc2)CC1. The fraction of sp³-hybridized carbons (Fsp3) is 0.357. The monoisotopic (exact) mass is 303 g/mol. The number of H-pyrrole nitrogens is 1. The average Bonchev–Trinajstić information content (AvgIpc) is 3.07. The zero-order valence-electron chi connectivity index (χ0n) is 11.6. The molecule has 2 heterocycles. The second-order valence-electron chi connectivity index (χ2n) is 4.78. The van der Waals surface area contributed by atoms with Crippen LogP contribution in [-0.2, 0) is 4.79 Å². The number of amides is 1. The number of piperazine rings is 1. The van der Waals surface area contributed by atoms with Crippen molar-refractivity contribution in [3.63, 3.8) is 0 Å². The Labute approximate surface area is 127 Å². The first kappa shape index (κ1) is 13.9. The third-order valence-electron chi connectivity index (χ3n) is 3.48. The number of anilines is 1. The van der Waals surface area contributed by atoms with Crippen molar-refractivity contribution in [2.45, 2.75) is 5.16 Å². The predicted molar refractivity (Wildman–Crippen MR) is 82.3 cm³/mol. The van der Waals surface area contributed by atoms with Crippen molar-refractivity contribution >= 4 is 23.4 Å². The van der Waals surface area contributed by atoms with Crippen molar-refractivity contribution in [1.29, 1.82) is 0 Å². The lowest BCUT2D eigenvalue weighted by Gasteiger charge is -2.36. The highest BCUT2D eigenvalue weighted by Crippen LogP contribution is 2.17. The van der Waals surface area contributed by atoms with Crippen molar-refractivity contribution in [1.82, 2.24) is 20.1 Å². The summed E-state index contributed by atoms with van der Waals surface area (Å²) in [6, 6.07) is 10.3. The Morgan fingerprint density at radius 3 is 2.62 bits per heavy atom. The molecule has 1 aromatic carbocycles. The molecule has 1 aromatic heterocycles. The molecule has 1 aliphatic rings. The Morgan fingerprint density at radius 2 is 1.95 bits per heavy atom. The Bertz CT molecular complexity index is 566. The lowest BCUT2D eigenvalue weighted by Crippen LogP contribution is -2.49. The fourth-order valence-electron chi connectivity index (χ4n) is 2.34. The van der Waals surface area contributed by atoms with E-state index in [2.05, 4.69) is 32.2 Å². The maximum Gasteiger partial charge on any atom is 0.233 e. The summed E-state index contributed by atoms with van der Waals surface area (Å²) >= 11 is 1.39. The summed E-state index contributed by atoms with van der Waals surface area (Å²) in [6.45, 7) is 3.29. The van der Waals surface area contributed by atoms with Gasteiger partial charge in [0.15, 0.2) is 5.16 Å². The first-order valence-electron chi connectivity index (χ1n) is 6.89. The van der Waals surface area contributed by atoms with Crippen LogP contribution < -0.4 is 4.90 Å². The molecule has 0 radical (unpaired) electrons. The molecule has 110 valence electrons. The van der Waals surface area contributed by atoms with E-state index in [4.69, 9.17) is 0 Å². The van der Waals surface area contributed by atoms with Gasteiger partial charge < -0.3 is 9.80 Å². The minimum Gasteiger partial charge on any atom is -0.368 e. The van der Waals surface area contributed by atoms with E-state index in [-0.39, 0.29) is 5.91 Å². The van der Waals surface area contributed by atoms with Crippen LogP contribution >= 0.6 is 11.8 Å². The van der Waals surface area contributed by atoms with Crippen LogP contribution in [0.15, 0.2) is 41.8 Å². The number of thioether (sulfide) groups is 1. The topological polar surface area (TPSA) is 65.1 Å². The summed E-state index contributed by atoms with van der Waals surface area (Å²) < 4.78 is 0. The predicted octanol–water partition coefficient (Wildman–Crippen LogP) is 1.25. The van der Waals surface area contributed by atoms with Gasteiger partial charge in [-0.15, -0.1) is 0 Å². The number of benzene rings is 1. The molecule has 1 amide bonds. The Kier molecular flexibility index (Phi) is 4.40. The summed E-state index contributed by atoms with van der Waals surface area (Å²) in [5.41, 5.74) is 1.22. The largest absolute Gasteiger partial charge is 0.368 e. The summed E-state index contributed by atoms with van der Waals surface area (Å²) in [6.07, 6.45) is 1.45. The molecule has 0 unspecified atom stereocenters. The molecule has 3 rings (SSSR count). The van der Waals surface area contributed by atoms with Gasteiger partial charge in [0.1, 0.15) is 6.33 Å². The average molecular weight is 303 g/mol. The molecule has 0 aliphatic carbocycles. The second-order valence-corrected chi connectivity index (χ2v) is 5.75. The number of hydrogen-bond acceptors (Lipinski definition) is 5. The Morgan fingerprint density at radius 1 is 1.19 bits per heavy atom. The van der Waals surface area contributed by atoms with Crippen LogP contribution in [0.3, 0.4) is 0 Å². The van der Waals surface area contributed by atoms with Crippen molar-refractivity contribution in [3.8, 4) is 0 Å². The number of rotatable bonds is 4. The number of nitrogens with one attached hydrogen (secondary N) is 1. The zero-order chi connectivity index (χ0) is 14.5. The van der Waals surface area contributed by atoms with Crippen LogP contribution in [-0.4, -0.2) is 57.9 Å². The van der Waals surface area contributed by atoms with Gasteiger partial charge in [0, 0.05) is 31.9 Å². The Hall–Kier alpha value is -2.02. The van der Waals surface area contributed by atoms with Gasteiger partial charge in [0.05, 0.1) is 5.75 Å². The highest BCUT2D eigenvalue weighted by Gasteiger charge is 2.21. The molecular formula is C14H17N5OS. The number of carbonyl (C=O) groups is 1. The first-order chi connectivity index (χ1) is 10.3. The van der Waals surface area contributed by atoms with Crippen LogP contribution in [0.2, 0.25) is 0 Å². The van der Waals surface area contributed by atoms with Crippen LogP contribution in [0.25, 0.3) is 0 Å². The van der Waals surface area contributed by atoms with Gasteiger partial charge in [-0.05, 0) is 12.1 Å². The molecule has 1 saturated heterocycles. The molecule has 1 fully saturated rings. The van der Waals surface area contributed by atoms with E-state index >= 15 is 0 Å². The van der Waals surface area contributed by atoms with Crippen LogP contribution in [0.1, 0.15) is 0 Å². The van der Waals surface area contributed by atoms with E-state index in [1.807, 2.05) is 23.1 Å². The molecule has 0 spiro atoms. The summed E-state index contributed by atoms with van der Waals surface area (Å²) in [4.78, 5) is 20.4. The van der Waals surface area contributed by atoms with E-state index < -0.39 is 0 Å². The van der Waals surface area contributed by atoms with E-state index in [1.165, 1.54) is 23.8 Å². The molecular weight excluding hydrogens is 286 g/mol. The minimum atomic E-state index is 0.157. The first-order valence-corrected chi connectivity index (χ1v) is 7.87. The van der Waals surface area contributed by atoms with E-state index in [1.54, 1.807) is 0 Å². The minimum absolute atomic E-state index is 0.157.